The molecule has 2 nitrogen and oxygen atoms in total. The molecule has 0 aliphatic carbocycles. The average Bonchev–Trinajstić information content (AvgIpc) is 2.48. The van der Waals surface area contributed by atoms with E-state index in [0.717, 1.165) is 16.7 Å². The molecule has 0 N–H and O–H groups in total. The van der Waals surface area contributed by atoms with Gasteiger partial charge in [-0.15, -0.1) is 11.6 Å². The van der Waals surface area contributed by atoms with Crippen LogP contribution in [0.3, 0.4) is 0 Å². The Balaban J connectivity index is 1.93. The average molecular weight is 289 g/mol. The highest BCUT2D eigenvalue weighted by Gasteiger charge is 2.09. The molecule has 104 valence electrons. The van der Waals surface area contributed by atoms with E-state index in [1.54, 1.807) is 6.07 Å². The van der Waals surface area contributed by atoms with Gasteiger partial charge in [-0.1, -0.05) is 42.5 Å². The largest absolute Gasteiger partial charge is 0.462 e. The van der Waals surface area contributed by atoms with Crippen LogP contribution in [0.5, 0.6) is 0 Å². The van der Waals surface area contributed by atoms with Gasteiger partial charge in [0.1, 0.15) is 0 Å². The molecule has 0 saturated carbocycles. The summed E-state index contributed by atoms with van der Waals surface area (Å²) < 4.78 is 5.33. The number of rotatable bonds is 5. The fraction of sp³-hybridized carbons (Fsp3) is 0.235. The van der Waals surface area contributed by atoms with E-state index in [1.807, 2.05) is 49.4 Å². The summed E-state index contributed by atoms with van der Waals surface area (Å²) in [6.07, 6.45) is 0.681. The third-order valence-electron chi connectivity index (χ3n) is 3.23. The number of carbonyl (C=O) groups excluding carboxylic acids is 1. The summed E-state index contributed by atoms with van der Waals surface area (Å²) in [6.45, 7) is 2.26. The first-order valence-corrected chi connectivity index (χ1v) is 7.11. The van der Waals surface area contributed by atoms with E-state index in [9.17, 15) is 4.79 Å². The van der Waals surface area contributed by atoms with Crippen molar-refractivity contribution in [3.63, 3.8) is 0 Å². The summed E-state index contributed by atoms with van der Waals surface area (Å²) in [6, 6.07) is 15.4. The summed E-state index contributed by atoms with van der Waals surface area (Å²) >= 11 is 5.88. The lowest BCUT2D eigenvalue weighted by Crippen LogP contribution is -2.10. The van der Waals surface area contributed by atoms with Crippen LogP contribution in [0.15, 0.2) is 48.5 Å². The molecule has 0 amide bonds. The van der Waals surface area contributed by atoms with Gasteiger partial charge in [0, 0.05) is 12.3 Å². The van der Waals surface area contributed by atoms with Crippen molar-refractivity contribution in [1.82, 2.24) is 0 Å². The Morgan fingerprint density at radius 1 is 1.05 bits per heavy atom. The second kappa shape index (κ2) is 7.11. The predicted molar refractivity (Wildman–Crippen MR) is 81.2 cm³/mol. The van der Waals surface area contributed by atoms with Gasteiger partial charge in [0.25, 0.3) is 0 Å². The van der Waals surface area contributed by atoms with E-state index in [-0.39, 0.29) is 5.97 Å². The summed E-state index contributed by atoms with van der Waals surface area (Å²) in [5.41, 5.74) is 3.76. The first-order chi connectivity index (χ1) is 9.72. The number of esters is 1. The molecule has 0 fully saturated rings. The second-order valence-corrected chi connectivity index (χ2v) is 4.87. The molecular weight excluding hydrogens is 272 g/mol. The number of hydrogen-bond acceptors (Lipinski definition) is 2. The van der Waals surface area contributed by atoms with Crippen molar-refractivity contribution in [3.05, 3.63) is 70.8 Å². The van der Waals surface area contributed by atoms with Crippen LogP contribution in [0, 0.1) is 6.92 Å². The molecule has 2 aromatic rings. The molecule has 2 rings (SSSR count). The van der Waals surface area contributed by atoms with E-state index < -0.39 is 0 Å². The molecule has 20 heavy (non-hydrogen) atoms. The zero-order chi connectivity index (χ0) is 14.4. The Morgan fingerprint density at radius 3 is 2.40 bits per heavy atom. The number of alkyl halides is 1. The molecule has 0 aliphatic heterocycles. The SMILES string of the molecule is Cc1ccccc1C(=O)OCCc1ccccc1CCl. The Hall–Kier alpha value is -1.80. The van der Waals surface area contributed by atoms with Gasteiger partial charge in [-0.05, 0) is 29.7 Å². The number of halogens is 1. The lowest BCUT2D eigenvalue weighted by atomic mass is 10.1. The van der Waals surface area contributed by atoms with Crippen molar-refractivity contribution in [2.24, 2.45) is 0 Å². The van der Waals surface area contributed by atoms with Gasteiger partial charge in [0.15, 0.2) is 0 Å². The van der Waals surface area contributed by atoms with Crippen molar-refractivity contribution in [2.45, 2.75) is 19.2 Å². The highest BCUT2D eigenvalue weighted by atomic mass is 35.5. The summed E-state index contributed by atoms with van der Waals surface area (Å²) in [5.74, 6) is 0.202. The van der Waals surface area contributed by atoms with Gasteiger partial charge < -0.3 is 4.74 Å². The minimum atomic E-state index is -0.272. The highest BCUT2D eigenvalue weighted by molar-refractivity contribution is 6.17. The molecule has 2 aromatic carbocycles. The van der Waals surface area contributed by atoms with E-state index in [1.165, 1.54) is 0 Å². The fourth-order valence-electron chi connectivity index (χ4n) is 2.07. The summed E-state index contributed by atoms with van der Waals surface area (Å²) in [7, 11) is 0. The molecule has 0 radical (unpaired) electrons. The molecule has 0 saturated heterocycles. The maximum Gasteiger partial charge on any atom is 0.338 e. The molecule has 0 aromatic heterocycles. The minimum absolute atomic E-state index is 0.272. The van der Waals surface area contributed by atoms with Crippen molar-refractivity contribution < 1.29 is 9.53 Å². The van der Waals surface area contributed by atoms with Gasteiger partial charge in [-0.25, -0.2) is 4.79 Å². The van der Waals surface area contributed by atoms with Crippen LogP contribution in [0.1, 0.15) is 27.0 Å². The number of hydrogen-bond donors (Lipinski definition) is 0. The normalized spacial score (nSPS) is 10.3. The van der Waals surface area contributed by atoms with Crippen molar-refractivity contribution in [1.29, 1.82) is 0 Å². The lowest BCUT2D eigenvalue weighted by Gasteiger charge is -2.09. The van der Waals surface area contributed by atoms with Crippen LogP contribution in [0.25, 0.3) is 0 Å². The molecule has 0 aliphatic rings. The Kier molecular flexibility index (Phi) is 5.19. The Labute approximate surface area is 124 Å². The zero-order valence-corrected chi connectivity index (χ0v) is 12.2. The minimum Gasteiger partial charge on any atom is -0.462 e. The zero-order valence-electron chi connectivity index (χ0n) is 11.4. The molecule has 0 spiro atoms. The Bertz CT molecular complexity index is 593. The number of carbonyl (C=O) groups is 1. The van der Waals surface area contributed by atoms with Gasteiger partial charge in [0.05, 0.1) is 12.2 Å². The van der Waals surface area contributed by atoms with Crippen LogP contribution in [-0.2, 0) is 17.0 Å². The van der Waals surface area contributed by atoms with Crippen LogP contribution in [-0.4, -0.2) is 12.6 Å². The lowest BCUT2D eigenvalue weighted by molar-refractivity contribution is 0.0508. The van der Waals surface area contributed by atoms with Gasteiger partial charge in [-0.2, -0.15) is 0 Å². The first kappa shape index (κ1) is 14.6. The van der Waals surface area contributed by atoms with Gasteiger partial charge >= 0.3 is 5.97 Å². The van der Waals surface area contributed by atoms with E-state index in [4.69, 9.17) is 16.3 Å². The monoisotopic (exact) mass is 288 g/mol. The maximum atomic E-state index is 12.0. The topological polar surface area (TPSA) is 26.3 Å². The van der Waals surface area contributed by atoms with Crippen molar-refractivity contribution in [2.75, 3.05) is 6.61 Å². The summed E-state index contributed by atoms with van der Waals surface area (Å²) in [4.78, 5) is 12.0. The van der Waals surface area contributed by atoms with Crippen molar-refractivity contribution >= 4 is 17.6 Å². The van der Waals surface area contributed by atoms with E-state index in [0.29, 0.717) is 24.5 Å². The smallest absolute Gasteiger partial charge is 0.338 e. The number of ether oxygens (including phenoxy) is 1. The number of benzene rings is 2. The van der Waals surface area contributed by atoms with E-state index in [2.05, 4.69) is 0 Å². The molecular formula is C17H17ClO2. The summed E-state index contributed by atoms with van der Waals surface area (Å²) in [5, 5.41) is 0. The standard InChI is InChI=1S/C17H17ClO2/c1-13-6-2-5-9-16(13)17(19)20-11-10-14-7-3-4-8-15(14)12-18/h2-9H,10-12H2,1H3. The third-order valence-corrected chi connectivity index (χ3v) is 3.52. The quantitative estimate of drug-likeness (QED) is 0.611. The van der Waals surface area contributed by atoms with Gasteiger partial charge in [-0.3, -0.25) is 0 Å². The Morgan fingerprint density at radius 2 is 1.70 bits per heavy atom. The molecule has 0 unspecified atom stereocenters. The first-order valence-electron chi connectivity index (χ1n) is 6.58. The molecule has 0 heterocycles. The molecule has 0 atom stereocenters. The van der Waals surface area contributed by atoms with Crippen LogP contribution >= 0.6 is 11.6 Å². The van der Waals surface area contributed by atoms with Gasteiger partial charge in [0.2, 0.25) is 0 Å². The number of aryl methyl sites for hydroxylation is 1. The van der Waals surface area contributed by atoms with Crippen LogP contribution < -0.4 is 0 Å². The fourth-order valence-corrected chi connectivity index (χ4v) is 2.33. The van der Waals surface area contributed by atoms with Crippen molar-refractivity contribution in [3.8, 4) is 0 Å². The van der Waals surface area contributed by atoms with Crippen LogP contribution in [0.4, 0.5) is 0 Å². The van der Waals surface area contributed by atoms with Crippen LogP contribution in [0.2, 0.25) is 0 Å². The second-order valence-electron chi connectivity index (χ2n) is 4.60. The predicted octanol–water partition coefficient (Wildman–Crippen LogP) is 4.13. The van der Waals surface area contributed by atoms with E-state index >= 15 is 0 Å². The third kappa shape index (κ3) is 3.61. The molecule has 3 heteroatoms. The molecule has 0 bridgehead atoms. The maximum absolute atomic E-state index is 12.0. The highest BCUT2D eigenvalue weighted by Crippen LogP contribution is 2.13.